The first-order valence-corrected chi connectivity index (χ1v) is 5.62. The number of nitro benzene ring substituents is 1. The van der Waals surface area contributed by atoms with E-state index in [0.29, 0.717) is 0 Å². The Morgan fingerprint density at radius 3 is 2.63 bits per heavy atom. The van der Waals surface area contributed by atoms with Gasteiger partial charge in [-0.05, 0) is 13.0 Å². The standard InChI is InChI=1S/C12H16N2O5/c1-8(12(16)13(2)3)19-11-5-4-10(14(17)18)6-9(11)7-15/h4-6,8,15H,7H2,1-3H3. The van der Waals surface area contributed by atoms with Gasteiger partial charge < -0.3 is 14.7 Å². The number of rotatable bonds is 5. The molecule has 0 saturated heterocycles. The molecule has 0 aliphatic heterocycles. The predicted octanol–water partition coefficient (Wildman–Crippen LogP) is 0.943. The topological polar surface area (TPSA) is 92.9 Å². The van der Waals surface area contributed by atoms with E-state index in [-0.39, 0.29) is 22.9 Å². The number of ether oxygens (including phenoxy) is 1. The molecule has 1 unspecified atom stereocenters. The molecule has 1 amide bonds. The lowest BCUT2D eigenvalue weighted by Crippen LogP contribution is -2.35. The molecule has 0 aliphatic carbocycles. The van der Waals surface area contributed by atoms with Gasteiger partial charge in [-0.3, -0.25) is 14.9 Å². The normalized spacial score (nSPS) is 11.8. The fraction of sp³-hybridized carbons (Fsp3) is 0.417. The summed E-state index contributed by atoms with van der Waals surface area (Å²) in [7, 11) is 3.20. The Labute approximate surface area is 110 Å². The van der Waals surface area contributed by atoms with E-state index in [2.05, 4.69) is 0 Å². The summed E-state index contributed by atoms with van der Waals surface area (Å²) in [6.07, 6.45) is -0.734. The van der Waals surface area contributed by atoms with Gasteiger partial charge in [0.05, 0.1) is 11.5 Å². The monoisotopic (exact) mass is 268 g/mol. The number of hydrogen-bond acceptors (Lipinski definition) is 5. The number of nitrogens with zero attached hydrogens (tertiary/aromatic N) is 2. The molecule has 0 aromatic heterocycles. The van der Waals surface area contributed by atoms with Gasteiger partial charge in [-0.15, -0.1) is 0 Å². The van der Waals surface area contributed by atoms with E-state index in [1.165, 1.54) is 23.1 Å². The molecule has 0 spiro atoms. The number of carbonyl (C=O) groups excluding carboxylic acids is 1. The number of benzene rings is 1. The summed E-state index contributed by atoms with van der Waals surface area (Å²) >= 11 is 0. The molecule has 1 rings (SSSR count). The number of hydrogen-bond donors (Lipinski definition) is 1. The van der Waals surface area contributed by atoms with Crippen LogP contribution in [0.25, 0.3) is 0 Å². The highest BCUT2D eigenvalue weighted by molar-refractivity contribution is 5.80. The summed E-state index contributed by atoms with van der Waals surface area (Å²) in [4.78, 5) is 23.1. The van der Waals surface area contributed by atoms with Crippen molar-refractivity contribution in [2.24, 2.45) is 0 Å². The largest absolute Gasteiger partial charge is 0.481 e. The number of carbonyl (C=O) groups is 1. The lowest BCUT2D eigenvalue weighted by molar-refractivity contribution is -0.385. The van der Waals surface area contributed by atoms with Crippen LogP contribution in [-0.4, -0.2) is 41.0 Å². The highest BCUT2D eigenvalue weighted by Crippen LogP contribution is 2.25. The Bertz CT molecular complexity index is 487. The number of nitro groups is 1. The zero-order chi connectivity index (χ0) is 14.6. The zero-order valence-corrected chi connectivity index (χ0v) is 11.0. The average Bonchev–Trinajstić information content (AvgIpc) is 2.37. The molecule has 1 aromatic carbocycles. The summed E-state index contributed by atoms with van der Waals surface area (Å²) in [5, 5.41) is 19.8. The van der Waals surface area contributed by atoms with Crippen LogP contribution in [0.15, 0.2) is 18.2 Å². The third-order valence-corrected chi connectivity index (χ3v) is 2.52. The second kappa shape index (κ2) is 6.14. The van der Waals surface area contributed by atoms with Gasteiger partial charge in [0.15, 0.2) is 6.10 Å². The van der Waals surface area contributed by atoms with Gasteiger partial charge >= 0.3 is 0 Å². The van der Waals surface area contributed by atoms with Crippen molar-refractivity contribution in [1.82, 2.24) is 4.90 Å². The van der Waals surface area contributed by atoms with Crippen molar-refractivity contribution in [3.05, 3.63) is 33.9 Å². The van der Waals surface area contributed by atoms with Crippen molar-refractivity contribution in [2.45, 2.75) is 19.6 Å². The van der Waals surface area contributed by atoms with Gasteiger partial charge in [-0.1, -0.05) is 0 Å². The number of aliphatic hydroxyl groups is 1. The van der Waals surface area contributed by atoms with Crippen molar-refractivity contribution in [1.29, 1.82) is 0 Å². The molecule has 104 valence electrons. The molecule has 0 fully saturated rings. The van der Waals surface area contributed by atoms with Gasteiger partial charge in [0.1, 0.15) is 5.75 Å². The Hall–Kier alpha value is -2.15. The van der Waals surface area contributed by atoms with E-state index < -0.39 is 17.6 Å². The van der Waals surface area contributed by atoms with Crippen molar-refractivity contribution >= 4 is 11.6 Å². The van der Waals surface area contributed by atoms with E-state index >= 15 is 0 Å². The van der Waals surface area contributed by atoms with Crippen LogP contribution in [0.5, 0.6) is 5.75 Å². The van der Waals surface area contributed by atoms with Crippen LogP contribution >= 0.6 is 0 Å². The van der Waals surface area contributed by atoms with Crippen molar-refractivity contribution in [2.75, 3.05) is 14.1 Å². The molecule has 0 heterocycles. The zero-order valence-electron chi connectivity index (χ0n) is 11.0. The molecule has 7 heteroatoms. The molecule has 0 aliphatic rings. The van der Waals surface area contributed by atoms with Crippen molar-refractivity contribution in [3.63, 3.8) is 0 Å². The van der Waals surface area contributed by atoms with Gasteiger partial charge in [0.2, 0.25) is 0 Å². The van der Waals surface area contributed by atoms with E-state index in [0.717, 1.165) is 0 Å². The molecule has 1 aromatic rings. The molecule has 0 bridgehead atoms. The van der Waals surface area contributed by atoms with Crippen LogP contribution in [0.1, 0.15) is 12.5 Å². The van der Waals surface area contributed by atoms with Gasteiger partial charge in [-0.2, -0.15) is 0 Å². The molecular formula is C12H16N2O5. The number of amides is 1. The van der Waals surface area contributed by atoms with Crippen LogP contribution in [0.3, 0.4) is 0 Å². The fourth-order valence-corrected chi connectivity index (χ4v) is 1.52. The number of non-ortho nitro benzene ring substituents is 1. The molecule has 0 saturated carbocycles. The average molecular weight is 268 g/mol. The maximum Gasteiger partial charge on any atom is 0.270 e. The minimum atomic E-state index is -0.734. The Kier molecular flexibility index (Phi) is 4.82. The maximum absolute atomic E-state index is 11.7. The molecule has 0 radical (unpaired) electrons. The maximum atomic E-state index is 11.7. The SMILES string of the molecule is CC(Oc1ccc([N+](=O)[O-])cc1CO)C(=O)N(C)C. The van der Waals surface area contributed by atoms with Crippen LogP contribution < -0.4 is 4.74 Å². The molecule has 1 atom stereocenters. The second-order valence-corrected chi connectivity index (χ2v) is 4.20. The molecule has 1 N–H and O–H groups in total. The van der Waals surface area contributed by atoms with Crippen LogP contribution in [0.4, 0.5) is 5.69 Å². The smallest absolute Gasteiger partial charge is 0.270 e. The lowest BCUT2D eigenvalue weighted by Gasteiger charge is -2.19. The van der Waals surface area contributed by atoms with E-state index in [1.807, 2.05) is 0 Å². The summed E-state index contributed by atoms with van der Waals surface area (Å²) in [6, 6.07) is 3.87. The summed E-state index contributed by atoms with van der Waals surface area (Å²) < 4.78 is 5.42. The van der Waals surface area contributed by atoms with E-state index in [4.69, 9.17) is 4.74 Å². The first-order chi connectivity index (χ1) is 8.86. The number of aliphatic hydroxyl groups excluding tert-OH is 1. The first kappa shape index (κ1) is 14.9. The molecular weight excluding hydrogens is 252 g/mol. The van der Waals surface area contributed by atoms with Gasteiger partial charge in [0.25, 0.3) is 11.6 Å². The Balaban J connectivity index is 2.95. The van der Waals surface area contributed by atoms with Crippen LogP contribution in [0, 0.1) is 10.1 Å². The quantitative estimate of drug-likeness (QED) is 0.633. The van der Waals surface area contributed by atoms with Crippen molar-refractivity contribution in [3.8, 4) is 5.75 Å². The highest BCUT2D eigenvalue weighted by Gasteiger charge is 2.19. The fourth-order valence-electron chi connectivity index (χ4n) is 1.52. The Morgan fingerprint density at radius 2 is 2.16 bits per heavy atom. The van der Waals surface area contributed by atoms with E-state index in [9.17, 15) is 20.0 Å². The molecule has 19 heavy (non-hydrogen) atoms. The van der Waals surface area contributed by atoms with Crippen LogP contribution in [-0.2, 0) is 11.4 Å². The van der Waals surface area contributed by atoms with Gasteiger partial charge in [0, 0.05) is 31.8 Å². The minimum absolute atomic E-state index is 0.136. The van der Waals surface area contributed by atoms with Crippen molar-refractivity contribution < 1.29 is 19.6 Å². The Morgan fingerprint density at radius 1 is 1.53 bits per heavy atom. The predicted molar refractivity (Wildman–Crippen MR) is 67.8 cm³/mol. The molecule has 7 nitrogen and oxygen atoms in total. The minimum Gasteiger partial charge on any atom is -0.481 e. The first-order valence-electron chi connectivity index (χ1n) is 5.62. The third-order valence-electron chi connectivity index (χ3n) is 2.52. The van der Waals surface area contributed by atoms with Crippen LogP contribution in [0.2, 0.25) is 0 Å². The van der Waals surface area contributed by atoms with Gasteiger partial charge in [-0.25, -0.2) is 0 Å². The second-order valence-electron chi connectivity index (χ2n) is 4.20. The summed E-state index contributed by atoms with van der Waals surface area (Å²) in [5.74, 6) is 0.0260. The van der Waals surface area contributed by atoms with E-state index in [1.54, 1.807) is 21.0 Å². The lowest BCUT2D eigenvalue weighted by atomic mass is 10.2. The number of likely N-dealkylation sites (N-methyl/N-ethyl adjacent to an activating group) is 1. The summed E-state index contributed by atoms with van der Waals surface area (Å²) in [6.45, 7) is 1.17. The summed E-state index contributed by atoms with van der Waals surface area (Å²) in [5.41, 5.74) is 0.135. The highest BCUT2D eigenvalue weighted by atomic mass is 16.6. The third kappa shape index (κ3) is 3.65.